The first-order valence-electron chi connectivity index (χ1n) is 11.8. The van der Waals surface area contributed by atoms with Crippen molar-refractivity contribution in [2.45, 2.75) is 38.1 Å². The molecule has 0 spiro atoms. The Labute approximate surface area is 214 Å². The number of nitro benzene ring substituents is 1. The van der Waals surface area contributed by atoms with E-state index in [1.165, 1.54) is 68.5 Å². The van der Waals surface area contributed by atoms with Crippen LogP contribution in [-0.4, -0.2) is 42.0 Å². The van der Waals surface area contributed by atoms with Crippen LogP contribution in [0.1, 0.15) is 52.8 Å². The van der Waals surface area contributed by atoms with Crippen LogP contribution < -0.4 is 32.6 Å². The van der Waals surface area contributed by atoms with E-state index >= 15 is 0 Å². The Morgan fingerprint density at radius 3 is 2.32 bits per heavy atom. The molecule has 0 aromatic heterocycles. The summed E-state index contributed by atoms with van der Waals surface area (Å²) in [5.74, 6) is -0.881. The van der Waals surface area contributed by atoms with Gasteiger partial charge in [-0.1, -0.05) is 25.0 Å². The summed E-state index contributed by atoms with van der Waals surface area (Å²) in [4.78, 5) is 45.1. The van der Waals surface area contributed by atoms with Gasteiger partial charge in [-0.3, -0.25) is 19.7 Å². The molecular weight excluding hydrogens is 480 g/mol. The summed E-state index contributed by atoms with van der Waals surface area (Å²) in [7, 11) is 0. The van der Waals surface area contributed by atoms with Gasteiger partial charge in [0.1, 0.15) is 11.3 Å². The third kappa shape index (κ3) is 10.4. The second-order valence-electron chi connectivity index (χ2n) is 8.22. The van der Waals surface area contributed by atoms with Crippen LogP contribution in [0.5, 0.6) is 5.75 Å². The SMILES string of the molecule is NC(=O)Oc1ccc(C(=O)NCCNC(=O)c2ccc(N)cc2[N+](=O)[O-])cc1.NC1/C=C/CCCCC1. The molecule has 3 amide bonds. The lowest BCUT2D eigenvalue weighted by Gasteiger charge is -2.08. The molecule has 0 bridgehead atoms. The molecule has 3 rings (SSSR count). The minimum atomic E-state index is -0.964. The van der Waals surface area contributed by atoms with E-state index in [0.717, 1.165) is 6.07 Å². The molecule has 1 atom stereocenters. The predicted molar refractivity (Wildman–Crippen MR) is 139 cm³/mol. The molecule has 1 aliphatic rings. The Bertz CT molecular complexity index is 1120. The summed E-state index contributed by atoms with van der Waals surface area (Å²) in [5.41, 5.74) is 16.0. The van der Waals surface area contributed by atoms with Crippen molar-refractivity contribution in [3.05, 3.63) is 75.9 Å². The molecule has 8 N–H and O–H groups in total. The largest absolute Gasteiger partial charge is 0.411 e. The highest BCUT2D eigenvalue weighted by molar-refractivity contribution is 5.98. The average Bonchev–Trinajstić information content (AvgIpc) is 2.84. The molecular formula is C25H32N6O6. The van der Waals surface area contributed by atoms with E-state index in [4.69, 9.17) is 17.2 Å². The quantitative estimate of drug-likeness (QED) is 0.122. The molecule has 2 aromatic rings. The van der Waals surface area contributed by atoms with Crippen molar-refractivity contribution >= 4 is 29.3 Å². The average molecular weight is 513 g/mol. The number of carbonyl (C=O) groups excluding carboxylic acids is 3. The first-order valence-corrected chi connectivity index (χ1v) is 11.8. The number of rotatable bonds is 7. The highest BCUT2D eigenvalue weighted by Gasteiger charge is 2.20. The number of benzene rings is 2. The van der Waals surface area contributed by atoms with Gasteiger partial charge in [-0.15, -0.1) is 0 Å². The van der Waals surface area contributed by atoms with Crippen molar-refractivity contribution in [3.63, 3.8) is 0 Å². The number of anilines is 1. The zero-order valence-electron chi connectivity index (χ0n) is 20.4. The molecule has 1 aliphatic carbocycles. The van der Waals surface area contributed by atoms with Crippen LogP contribution >= 0.6 is 0 Å². The van der Waals surface area contributed by atoms with E-state index in [-0.39, 0.29) is 30.1 Å². The number of nitrogen functional groups attached to an aromatic ring is 1. The summed E-state index contributed by atoms with van der Waals surface area (Å²) in [6.07, 6.45) is 9.81. The lowest BCUT2D eigenvalue weighted by Crippen LogP contribution is -2.34. The first kappa shape index (κ1) is 28.8. The number of hydrogen-bond donors (Lipinski definition) is 5. The Hall–Kier alpha value is -4.45. The van der Waals surface area contributed by atoms with Crippen LogP contribution in [0.4, 0.5) is 16.2 Å². The normalized spacial score (nSPS) is 15.5. The zero-order valence-corrected chi connectivity index (χ0v) is 20.4. The van der Waals surface area contributed by atoms with Crippen molar-refractivity contribution in [2.24, 2.45) is 11.5 Å². The lowest BCUT2D eigenvalue weighted by molar-refractivity contribution is -0.385. The van der Waals surface area contributed by atoms with Crippen LogP contribution in [0.3, 0.4) is 0 Å². The maximum atomic E-state index is 12.1. The highest BCUT2D eigenvalue weighted by Crippen LogP contribution is 2.21. The number of allylic oxidation sites excluding steroid dienone is 1. The topological polar surface area (TPSA) is 206 Å². The van der Waals surface area contributed by atoms with Crippen LogP contribution in [0.25, 0.3) is 0 Å². The zero-order chi connectivity index (χ0) is 27.2. The van der Waals surface area contributed by atoms with Gasteiger partial charge < -0.3 is 32.6 Å². The van der Waals surface area contributed by atoms with Crippen molar-refractivity contribution in [3.8, 4) is 5.75 Å². The second kappa shape index (κ2) is 14.8. The third-order valence-electron chi connectivity index (χ3n) is 5.29. The minimum absolute atomic E-state index is 0.0506. The van der Waals surface area contributed by atoms with Crippen LogP contribution in [0.2, 0.25) is 0 Å². The lowest BCUT2D eigenvalue weighted by atomic mass is 10.0. The Morgan fingerprint density at radius 2 is 1.68 bits per heavy atom. The molecule has 0 aliphatic heterocycles. The molecule has 12 heteroatoms. The maximum absolute atomic E-state index is 12.1. The summed E-state index contributed by atoms with van der Waals surface area (Å²) in [6.45, 7) is 0.141. The molecule has 0 heterocycles. The second-order valence-corrected chi connectivity index (χ2v) is 8.22. The molecule has 12 nitrogen and oxygen atoms in total. The number of hydrogen-bond acceptors (Lipinski definition) is 8. The summed E-state index contributed by atoms with van der Waals surface area (Å²) >= 11 is 0. The molecule has 0 fully saturated rings. The fraction of sp³-hybridized carbons (Fsp3) is 0.320. The van der Waals surface area contributed by atoms with E-state index < -0.39 is 28.5 Å². The number of ether oxygens (including phenoxy) is 1. The molecule has 198 valence electrons. The van der Waals surface area contributed by atoms with Gasteiger partial charge in [-0.25, -0.2) is 4.79 Å². The van der Waals surface area contributed by atoms with E-state index in [1.54, 1.807) is 0 Å². The standard InChI is InChI=1S/C17H17N5O6.C8H15N/c18-11-3-6-13(14(9-11)22(26)27)16(24)21-8-7-20-15(23)10-1-4-12(5-2-10)28-17(19)25;9-8-6-4-2-1-3-5-7-8/h1-6,9H,7-8,18H2,(H2,19,25)(H,20,23)(H,21,24);4,6,8H,1-3,5,7,9H2/b;6-4+. The van der Waals surface area contributed by atoms with Gasteiger partial charge >= 0.3 is 6.09 Å². The fourth-order valence-corrected chi connectivity index (χ4v) is 3.42. The maximum Gasteiger partial charge on any atom is 0.409 e. The van der Waals surface area contributed by atoms with Crippen LogP contribution in [0, 0.1) is 10.1 Å². The fourth-order valence-electron chi connectivity index (χ4n) is 3.42. The molecule has 2 aromatic carbocycles. The number of carbonyl (C=O) groups is 3. The van der Waals surface area contributed by atoms with Gasteiger partial charge in [0.2, 0.25) is 0 Å². The number of nitrogens with two attached hydrogens (primary N) is 3. The molecule has 1 unspecified atom stereocenters. The molecule has 37 heavy (non-hydrogen) atoms. The number of primary amides is 1. The van der Waals surface area contributed by atoms with Gasteiger partial charge in [-0.05, 0) is 55.7 Å². The number of nitrogens with zero attached hydrogens (tertiary/aromatic N) is 1. The molecule has 0 saturated carbocycles. The number of amides is 3. The molecule has 0 saturated heterocycles. The highest BCUT2D eigenvalue weighted by atomic mass is 16.6. The summed E-state index contributed by atoms with van der Waals surface area (Å²) in [6, 6.07) is 9.76. The number of nitro groups is 1. The smallest absolute Gasteiger partial charge is 0.409 e. The Balaban J connectivity index is 0.000000449. The van der Waals surface area contributed by atoms with Gasteiger partial charge in [0.25, 0.3) is 17.5 Å². The van der Waals surface area contributed by atoms with Crippen molar-refractivity contribution in [1.29, 1.82) is 0 Å². The van der Waals surface area contributed by atoms with Gasteiger partial charge in [0, 0.05) is 36.4 Å². The predicted octanol–water partition coefficient (Wildman–Crippen LogP) is 2.63. The Kier molecular flexibility index (Phi) is 11.5. The summed E-state index contributed by atoms with van der Waals surface area (Å²) in [5, 5.41) is 16.1. The van der Waals surface area contributed by atoms with Gasteiger partial charge in [0.05, 0.1) is 4.92 Å². The first-order chi connectivity index (χ1) is 17.7. The van der Waals surface area contributed by atoms with Gasteiger partial charge in [0.15, 0.2) is 0 Å². The van der Waals surface area contributed by atoms with Crippen molar-refractivity contribution in [2.75, 3.05) is 18.8 Å². The third-order valence-corrected chi connectivity index (χ3v) is 5.29. The van der Waals surface area contributed by atoms with E-state index in [1.807, 2.05) is 0 Å². The van der Waals surface area contributed by atoms with E-state index in [2.05, 4.69) is 27.5 Å². The van der Waals surface area contributed by atoms with E-state index in [0.29, 0.717) is 11.6 Å². The molecule has 0 radical (unpaired) electrons. The van der Waals surface area contributed by atoms with Gasteiger partial charge in [-0.2, -0.15) is 0 Å². The Morgan fingerprint density at radius 1 is 1.00 bits per heavy atom. The minimum Gasteiger partial charge on any atom is -0.411 e. The van der Waals surface area contributed by atoms with E-state index in [9.17, 15) is 24.5 Å². The van der Waals surface area contributed by atoms with Crippen LogP contribution in [0.15, 0.2) is 54.6 Å². The number of nitrogens with one attached hydrogen (secondary N) is 2. The summed E-state index contributed by atoms with van der Waals surface area (Å²) < 4.78 is 4.65. The van der Waals surface area contributed by atoms with Crippen molar-refractivity contribution < 1.29 is 24.0 Å². The monoisotopic (exact) mass is 512 g/mol. The van der Waals surface area contributed by atoms with Crippen LogP contribution in [-0.2, 0) is 0 Å². The van der Waals surface area contributed by atoms with Crippen molar-refractivity contribution in [1.82, 2.24) is 10.6 Å².